The minimum absolute atomic E-state index is 0.00903. The van der Waals surface area contributed by atoms with Gasteiger partial charge < -0.3 is 14.4 Å². The highest BCUT2D eigenvalue weighted by Gasteiger charge is 2.53. The molecule has 0 saturated carbocycles. The van der Waals surface area contributed by atoms with E-state index in [2.05, 4.69) is 41.4 Å². The Morgan fingerprint density at radius 3 is 2.83 bits per heavy atom. The van der Waals surface area contributed by atoms with E-state index in [4.69, 9.17) is 9.47 Å². The topological polar surface area (TPSA) is 51.7 Å². The van der Waals surface area contributed by atoms with Crippen LogP contribution in [0, 0.1) is 6.92 Å². The van der Waals surface area contributed by atoms with Crippen molar-refractivity contribution in [2.75, 3.05) is 13.1 Å². The number of carbonyl (C=O) groups excluding carboxylic acids is 1. The van der Waals surface area contributed by atoms with E-state index in [1.165, 1.54) is 11.1 Å². The summed E-state index contributed by atoms with van der Waals surface area (Å²) in [6.07, 6.45) is 2.37. The molecule has 1 aromatic heterocycles. The zero-order valence-electron chi connectivity index (χ0n) is 14.9. The second kappa shape index (κ2) is 6.12. The van der Waals surface area contributed by atoms with Crippen LogP contribution in [0.5, 0.6) is 0 Å². The molecule has 1 amide bonds. The van der Waals surface area contributed by atoms with Gasteiger partial charge in [0, 0.05) is 24.8 Å². The fraction of sp³-hybridized carbons (Fsp3) is 0.667. The highest BCUT2D eigenvalue weighted by molar-refractivity contribution is 14.1. The van der Waals surface area contributed by atoms with Crippen molar-refractivity contribution < 1.29 is 14.3 Å². The molecule has 0 aliphatic carbocycles. The van der Waals surface area contributed by atoms with Crippen LogP contribution < -0.4 is 0 Å². The average molecular weight is 444 g/mol. The van der Waals surface area contributed by atoms with E-state index >= 15 is 0 Å². The molecular formula is C18H25IN2O3. The number of carbonyl (C=O) groups is 1. The lowest BCUT2D eigenvalue weighted by molar-refractivity contribution is -0.0957. The second-order valence-electron chi connectivity index (χ2n) is 7.68. The zero-order valence-corrected chi connectivity index (χ0v) is 17.1. The highest BCUT2D eigenvalue weighted by Crippen LogP contribution is 2.51. The molecule has 2 aliphatic heterocycles. The van der Waals surface area contributed by atoms with Gasteiger partial charge in [0.25, 0.3) is 0 Å². The molecule has 3 rings (SSSR count). The van der Waals surface area contributed by atoms with Crippen molar-refractivity contribution in [1.29, 1.82) is 0 Å². The molecule has 1 spiro atoms. The molecule has 0 bridgehead atoms. The summed E-state index contributed by atoms with van der Waals surface area (Å²) in [5.41, 5.74) is 2.66. The van der Waals surface area contributed by atoms with Gasteiger partial charge in [0.05, 0.1) is 15.7 Å². The maximum atomic E-state index is 12.4. The third-order valence-corrected chi connectivity index (χ3v) is 6.08. The molecule has 3 heterocycles. The van der Waals surface area contributed by atoms with Gasteiger partial charge in [-0.3, -0.25) is 4.98 Å². The summed E-state index contributed by atoms with van der Waals surface area (Å²) < 4.78 is 12.1. The number of pyridine rings is 1. The number of aryl methyl sites for hydroxylation is 1. The fourth-order valence-corrected chi connectivity index (χ4v) is 4.91. The van der Waals surface area contributed by atoms with Crippen LogP contribution in [0.4, 0.5) is 4.79 Å². The minimum atomic E-state index is -0.474. The number of likely N-dealkylation sites (tertiary alicyclic amines) is 1. The van der Waals surface area contributed by atoms with Crippen molar-refractivity contribution in [3.05, 3.63) is 29.1 Å². The average Bonchev–Trinajstić information content (AvgIpc) is 2.75. The van der Waals surface area contributed by atoms with Crippen LogP contribution in [0.1, 0.15) is 57.0 Å². The minimum Gasteiger partial charge on any atom is -0.444 e. The summed E-state index contributed by atoms with van der Waals surface area (Å²) in [4.78, 5) is 18.7. The Morgan fingerprint density at radius 2 is 2.21 bits per heavy atom. The van der Waals surface area contributed by atoms with Crippen molar-refractivity contribution in [1.82, 2.24) is 9.88 Å². The van der Waals surface area contributed by atoms with Gasteiger partial charge in [-0.25, -0.2) is 4.79 Å². The smallest absolute Gasteiger partial charge is 0.410 e. The number of hydrogen-bond donors (Lipinski definition) is 0. The molecule has 3 unspecified atom stereocenters. The fourth-order valence-electron chi connectivity index (χ4n) is 3.66. The van der Waals surface area contributed by atoms with Crippen LogP contribution in [-0.4, -0.2) is 38.6 Å². The first-order valence-electron chi connectivity index (χ1n) is 8.40. The van der Waals surface area contributed by atoms with E-state index in [0.29, 0.717) is 13.1 Å². The number of amides is 1. The summed E-state index contributed by atoms with van der Waals surface area (Å²) in [6, 6.07) is 2.05. The molecule has 2 aliphatic rings. The number of fused-ring (bicyclic) bond motifs is 2. The summed E-state index contributed by atoms with van der Waals surface area (Å²) in [5, 5.41) is 0. The molecule has 6 heteroatoms. The molecule has 24 heavy (non-hydrogen) atoms. The molecule has 0 aromatic carbocycles. The Morgan fingerprint density at radius 1 is 1.50 bits per heavy atom. The van der Waals surface area contributed by atoms with Crippen LogP contribution in [0.15, 0.2) is 12.3 Å². The molecule has 5 nitrogen and oxygen atoms in total. The Kier molecular flexibility index (Phi) is 4.57. The molecule has 1 saturated heterocycles. The maximum Gasteiger partial charge on any atom is 0.410 e. The van der Waals surface area contributed by atoms with Gasteiger partial charge in [-0.05, 0) is 52.7 Å². The Hall–Kier alpha value is -0.890. The van der Waals surface area contributed by atoms with Gasteiger partial charge in [-0.15, -0.1) is 0 Å². The van der Waals surface area contributed by atoms with Crippen LogP contribution in [0.25, 0.3) is 0 Å². The summed E-state index contributed by atoms with van der Waals surface area (Å²) in [7, 11) is 0. The van der Waals surface area contributed by atoms with Crippen molar-refractivity contribution >= 4 is 28.7 Å². The van der Waals surface area contributed by atoms with E-state index in [0.717, 1.165) is 12.1 Å². The first kappa shape index (κ1) is 17.9. The van der Waals surface area contributed by atoms with E-state index in [9.17, 15) is 4.79 Å². The Balaban J connectivity index is 1.84. The van der Waals surface area contributed by atoms with Gasteiger partial charge in [0.1, 0.15) is 11.2 Å². The first-order chi connectivity index (χ1) is 11.1. The van der Waals surface area contributed by atoms with Crippen molar-refractivity contribution in [2.24, 2.45) is 0 Å². The quantitative estimate of drug-likeness (QED) is 0.446. The van der Waals surface area contributed by atoms with Gasteiger partial charge >= 0.3 is 6.09 Å². The monoisotopic (exact) mass is 444 g/mol. The Labute approximate surface area is 157 Å². The molecular weight excluding hydrogens is 419 g/mol. The number of alkyl halides is 1. The summed E-state index contributed by atoms with van der Waals surface area (Å²) in [6.45, 7) is 11.1. The lowest BCUT2D eigenvalue weighted by atomic mass is 9.82. The van der Waals surface area contributed by atoms with Gasteiger partial charge in [0.2, 0.25) is 0 Å². The number of hydrogen-bond acceptors (Lipinski definition) is 4. The molecule has 132 valence electrons. The number of rotatable bonds is 0. The van der Waals surface area contributed by atoms with Crippen LogP contribution >= 0.6 is 22.6 Å². The predicted molar refractivity (Wildman–Crippen MR) is 100 cm³/mol. The van der Waals surface area contributed by atoms with Crippen LogP contribution in [0.3, 0.4) is 0 Å². The lowest BCUT2D eigenvalue weighted by Crippen LogP contribution is -2.53. The normalized spacial score (nSPS) is 29.7. The van der Waals surface area contributed by atoms with Crippen LogP contribution in [0.2, 0.25) is 0 Å². The third-order valence-electron chi connectivity index (χ3n) is 4.68. The molecule has 3 atom stereocenters. The highest BCUT2D eigenvalue weighted by atomic mass is 127. The van der Waals surface area contributed by atoms with Crippen molar-refractivity contribution in [3.63, 3.8) is 0 Å². The maximum absolute atomic E-state index is 12.4. The first-order valence-corrected chi connectivity index (χ1v) is 9.64. The largest absolute Gasteiger partial charge is 0.444 e. The Bertz CT molecular complexity index is 658. The summed E-state index contributed by atoms with van der Waals surface area (Å²) >= 11 is 2.42. The van der Waals surface area contributed by atoms with Crippen molar-refractivity contribution in [3.8, 4) is 0 Å². The predicted octanol–water partition coefficient (Wildman–Crippen LogP) is 4.12. The van der Waals surface area contributed by atoms with E-state index < -0.39 is 5.60 Å². The molecule has 0 N–H and O–H groups in total. The second-order valence-corrected chi connectivity index (χ2v) is 9.19. The van der Waals surface area contributed by atoms with Crippen LogP contribution in [-0.2, 0) is 15.1 Å². The van der Waals surface area contributed by atoms with Gasteiger partial charge in [-0.1, -0.05) is 22.6 Å². The number of piperidine rings is 1. The van der Waals surface area contributed by atoms with Gasteiger partial charge in [0.15, 0.2) is 0 Å². The lowest BCUT2D eigenvalue weighted by Gasteiger charge is -2.43. The molecule has 0 radical (unpaired) electrons. The van der Waals surface area contributed by atoms with Gasteiger partial charge in [-0.2, -0.15) is 0 Å². The molecule has 1 fully saturated rings. The van der Waals surface area contributed by atoms with E-state index in [1.807, 2.05) is 33.0 Å². The third kappa shape index (κ3) is 3.03. The standard InChI is InChI=1S/C18H25IN2O3/c1-11-6-8-20-15-12(2)23-18(14(11)15)7-9-21(10-13(18)19)16(22)24-17(3,4)5/h6,8,12-13H,7,9-10H2,1-5H3. The number of nitrogens with zero attached hydrogens (tertiary/aromatic N) is 2. The molecule has 1 aromatic rings. The summed E-state index contributed by atoms with van der Waals surface area (Å²) in [5.74, 6) is 0. The number of ether oxygens (including phenoxy) is 2. The number of aromatic nitrogens is 1. The van der Waals surface area contributed by atoms with E-state index in [1.54, 1.807) is 4.90 Å². The SMILES string of the molecule is Cc1ccnc2c1C1(CCN(C(=O)OC(C)(C)C)CC1I)OC2C. The van der Waals surface area contributed by atoms with E-state index in [-0.39, 0.29) is 21.7 Å². The zero-order chi connectivity index (χ0) is 17.7. The number of halogens is 1. The van der Waals surface area contributed by atoms with Crippen molar-refractivity contribution in [2.45, 2.75) is 62.3 Å².